The van der Waals surface area contributed by atoms with Crippen molar-refractivity contribution in [2.24, 2.45) is 11.8 Å². The molecule has 0 bridgehead atoms. The van der Waals surface area contributed by atoms with Gasteiger partial charge in [0.1, 0.15) is 36.3 Å². The van der Waals surface area contributed by atoms with Gasteiger partial charge in [0.05, 0.1) is 38.5 Å². The number of nitrogens with one attached hydrogen (secondary N) is 10. The van der Waals surface area contributed by atoms with Gasteiger partial charge in [-0.05, 0) is 121 Å². The van der Waals surface area contributed by atoms with Crippen LogP contribution in [0.4, 0.5) is 0 Å². The largest absolute Gasteiger partial charge is 0.379 e. The zero-order chi connectivity index (χ0) is 67.2. The number of benzene rings is 3. The number of fused-ring (bicyclic) bond motifs is 2. The Morgan fingerprint density at radius 1 is 0.543 bits per heavy atom. The molecule has 23 nitrogen and oxygen atoms in total. The number of hydrogen-bond acceptors (Lipinski definition) is 15. The highest BCUT2D eigenvalue weighted by molar-refractivity contribution is 5.98. The minimum absolute atomic E-state index is 0.187. The van der Waals surface area contributed by atoms with Crippen molar-refractivity contribution in [1.29, 1.82) is 0 Å². The van der Waals surface area contributed by atoms with Crippen molar-refractivity contribution < 1.29 is 52.6 Å². The highest BCUT2D eigenvalue weighted by atomic mass is 16.5. The molecule has 7 rings (SSSR count). The number of hydrogen-bond donors (Lipinski definition) is 10. The van der Waals surface area contributed by atoms with Crippen molar-refractivity contribution in [2.75, 3.05) is 79.9 Å². The van der Waals surface area contributed by atoms with E-state index in [9.17, 15) is 38.4 Å². The van der Waals surface area contributed by atoms with Gasteiger partial charge in [-0.1, -0.05) is 122 Å². The van der Waals surface area contributed by atoms with Crippen LogP contribution in [0.3, 0.4) is 0 Å². The summed E-state index contributed by atoms with van der Waals surface area (Å²) in [4.78, 5) is 116. The van der Waals surface area contributed by atoms with Crippen LogP contribution in [0, 0.1) is 11.8 Å². The van der Waals surface area contributed by atoms with E-state index in [-0.39, 0.29) is 60.6 Å². The van der Waals surface area contributed by atoms with Gasteiger partial charge in [-0.2, -0.15) is 0 Å². The van der Waals surface area contributed by atoms with E-state index in [1.807, 2.05) is 79.7 Å². The van der Waals surface area contributed by atoms with Crippen molar-refractivity contribution in [3.05, 3.63) is 144 Å². The fourth-order valence-electron chi connectivity index (χ4n) is 12.7. The number of nitrogens with zero attached hydrogens (tertiary/aromatic N) is 2. The Labute approximate surface area is 554 Å². The second-order valence-electron chi connectivity index (χ2n) is 24.8. The molecule has 0 aliphatic carbocycles. The second-order valence-corrected chi connectivity index (χ2v) is 24.8. The van der Waals surface area contributed by atoms with Gasteiger partial charge in [0.15, 0.2) is 0 Å². The minimum Gasteiger partial charge on any atom is -0.379 e. The molecule has 4 aliphatic rings. The SMILES string of the molecule is C=C(/C=C\C=C/C)[C@H](NC(=O)[C@@H]1CC[C@@H]2CC[C@H](CNCc3ccccc3)[C@H](NC(=O)[C@H](C)NC)C(=O)N21)C(=O)NCCCOCCOCCOCCCNC(=O)[C@@H](NC(=O)[C@@H]1CC[C@@H]2CC[C@H](CNCc3ccccc3)[C@H](NC(=O)[C@H](C)NC)C(=O)N21)c1ccccc1. The summed E-state index contributed by atoms with van der Waals surface area (Å²) in [5.74, 6) is -3.40. The normalized spacial score (nSPS) is 22.5. The number of ether oxygens (including phenoxy) is 3. The number of carbonyl (C=O) groups is 8. The van der Waals surface area contributed by atoms with Gasteiger partial charge < -0.3 is 77.2 Å². The van der Waals surface area contributed by atoms with Crippen molar-refractivity contribution >= 4 is 47.3 Å². The van der Waals surface area contributed by atoms with E-state index in [0.29, 0.717) is 141 Å². The molecular formula is C71H102N12O11. The van der Waals surface area contributed by atoms with Crippen molar-refractivity contribution in [3.63, 3.8) is 0 Å². The summed E-state index contributed by atoms with van der Waals surface area (Å²) >= 11 is 0. The van der Waals surface area contributed by atoms with Gasteiger partial charge in [-0.25, -0.2) is 0 Å². The van der Waals surface area contributed by atoms with E-state index in [2.05, 4.69) is 59.7 Å². The highest BCUT2D eigenvalue weighted by Gasteiger charge is 2.50. The fraction of sp³-hybridized carbons (Fsp3) is 0.549. The highest BCUT2D eigenvalue weighted by Crippen LogP contribution is 2.36. The van der Waals surface area contributed by atoms with Crippen LogP contribution in [0.1, 0.15) is 108 Å². The van der Waals surface area contributed by atoms with Gasteiger partial charge in [0.25, 0.3) is 0 Å². The monoisotopic (exact) mass is 1300 g/mol. The zero-order valence-electron chi connectivity index (χ0n) is 55.5. The Kier molecular flexibility index (Phi) is 30.8. The summed E-state index contributed by atoms with van der Waals surface area (Å²) in [5.41, 5.74) is 3.16. The van der Waals surface area contributed by atoms with Crippen LogP contribution in [0.15, 0.2) is 127 Å². The molecular weight excluding hydrogens is 1200 g/mol. The van der Waals surface area contributed by atoms with Crippen LogP contribution in [0.5, 0.6) is 0 Å². The summed E-state index contributed by atoms with van der Waals surface area (Å²) in [7, 11) is 3.37. The van der Waals surface area contributed by atoms with Crippen molar-refractivity contribution in [1.82, 2.24) is 63.0 Å². The lowest BCUT2D eigenvalue weighted by Gasteiger charge is -2.33. The molecule has 3 aromatic carbocycles. The lowest BCUT2D eigenvalue weighted by molar-refractivity contribution is -0.144. The van der Waals surface area contributed by atoms with Crippen LogP contribution in [-0.2, 0) is 65.7 Å². The van der Waals surface area contributed by atoms with Crippen LogP contribution in [0.25, 0.3) is 0 Å². The first-order valence-electron chi connectivity index (χ1n) is 33.6. The molecule has 0 spiro atoms. The van der Waals surface area contributed by atoms with E-state index in [1.54, 1.807) is 80.2 Å². The number of allylic oxidation sites excluding steroid dienone is 3. The van der Waals surface area contributed by atoms with Gasteiger partial charge in [-0.3, -0.25) is 38.4 Å². The fourth-order valence-corrected chi connectivity index (χ4v) is 12.7. The smallest absolute Gasteiger partial charge is 0.247 e. The first kappa shape index (κ1) is 73.8. The first-order valence-corrected chi connectivity index (χ1v) is 33.6. The average molecular weight is 1300 g/mol. The molecule has 0 saturated carbocycles. The third-order valence-corrected chi connectivity index (χ3v) is 18.2. The van der Waals surface area contributed by atoms with E-state index >= 15 is 0 Å². The summed E-state index contributed by atoms with van der Waals surface area (Å²) in [5, 5.41) is 30.7. The molecule has 10 N–H and O–H groups in total. The summed E-state index contributed by atoms with van der Waals surface area (Å²) < 4.78 is 17.3. The molecule has 94 heavy (non-hydrogen) atoms. The summed E-state index contributed by atoms with van der Waals surface area (Å²) in [6, 6.07) is 21.9. The Hall–Kier alpha value is -7.64. The summed E-state index contributed by atoms with van der Waals surface area (Å²) in [6.07, 6.45) is 12.8. The van der Waals surface area contributed by atoms with E-state index in [1.165, 1.54) is 0 Å². The first-order chi connectivity index (χ1) is 45.6. The number of amides is 8. The Morgan fingerprint density at radius 2 is 0.968 bits per heavy atom. The van der Waals surface area contributed by atoms with Gasteiger partial charge in [-0.15, -0.1) is 0 Å². The quantitative estimate of drug-likeness (QED) is 0.0291. The Balaban J connectivity index is 0.801. The standard InChI is InChI=1S/C71H102N12O11/c1-7-8-12-21-48(2)60(78-66(86)58-34-32-56-30-28-54(46-74-44-51-22-13-9-14-23-51)62(70(90)82(56)58)80-64(84)49(3)72-5)68(88)76-36-19-38-92-40-42-94-43-41-93-39-20-37-77-69(89)61(53-26-17-11-18-27-53)79-67(87)59-35-33-57-31-29-55(47-75-45-52-24-15-10-16-25-52)63(71(91)83(57)59)81-65(85)50(4)73-6/h7-18,21-27,49-50,54-63,72-75H,2,19-20,28-47H2,1,3-6H3,(H,76,88)(H,77,89)(H,78,86)(H,79,87)(H,80,84)(H,81,85)/b8-7-,21-12-/t49-,50-,54+,55+,56-,57-,58-,59-,60-,61-,62-,63-/m0/s1. The van der Waals surface area contributed by atoms with Gasteiger partial charge in [0.2, 0.25) is 47.3 Å². The van der Waals surface area contributed by atoms with E-state index in [0.717, 1.165) is 11.1 Å². The van der Waals surface area contributed by atoms with E-state index < -0.39 is 72.0 Å². The minimum atomic E-state index is -1.12. The molecule has 0 aromatic heterocycles. The van der Waals surface area contributed by atoms with Crippen molar-refractivity contribution in [3.8, 4) is 0 Å². The van der Waals surface area contributed by atoms with Crippen LogP contribution in [-0.4, -0.2) is 191 Å². The van der Waals surface area contributed by atoms with Crippen LogP contribution in [0.2, 0.25) is 0 Å². The van der Waals surface area contributed by atoms with Gasteiger partial charge >= 0.3 is 0 Å². The van der Waals surface area contributed by atoms with Gasteiger partial charge in [0, 0.05) is 76.4 Å². The molecule has 0 radical (unpaired) electrons. The second kappa shape index (κ2) is 39.3. The lowest BCUT2D eigenvalue weighted by Crippen LogP contribution is -2.60. The predicted molar refractivity (Wildman–Crippen MR) is 360 cm³/mol. The summed E-state index contributed by atoms with van der Waals surface area (Å²) in [6.45, 7) is 14.1. The third kappa shape index (κ3) is 22.0. The average Bonchev–Trinajstić information content (AvgIpc) is 1.63. The molecule has 3 aromatic rings. The Morgan fingerprint density at radius 3 is 1.43 bits per heavy atom. The molecule has 23 heteroatoms. The molecule has 512 valence electrons. The molecule has 8 amide bonds. The number of likely N-dealkylation sites (N-methyl/N-ethyl adjacent to an activating group) is 2. The van der Waals surface area contributed by atoms with Crippen LogP contribution >= 0.6 is 0 Å². The molecule has 12 atom stereocenters. The molecule has 4 saturated heterocycles. The predicted octanol–water partition coefficient (Wildman–Crippen LogP) is 3.38. The zero-order valence-corrected chi connectivity index (χ0v) is 55.5. The molecule has 0 unspecified atom stereocenters. The van der Waals surface area contributed by atoms with Crippen LogP contribution < -0.4 is 53.2 Å². The molecule has 4 aliphatic heterocycles. The van der Waals surface area contributed by atoms with E-state index in [4.69, 9.17) is 14.2 Å². The molecule has 4 heterocycles. The number of carbonyl (C=O) groups excluding carboxylic acids is 8. The third-order valence-electron chi connectivity index (χ3n) is 18.2. The molecule has 4 fully saturated rings. The maximum absolute atomic E-state index is 14.6. The lowest BCUT2D eigenvalue weighted by atomic mass is 9.92. The number of rotatable bonds is 38. The Bertz CT molecular complexity index is 2980. The maximum atomic E-state index is 14.6. The topological polar surface area (TPSA) is 291 Å². The maximum Gasteiger partial charge on any atom is 0.247 e. The van der Waals surface area contributed by atoms with Crippen molar-refractivity contribution in [2.45, 2.75) is 158 Å².